The predicted octanol–water partition coefficient (Wildman–Crippen LogP) is 0.0189. The van der Waals surface area contributed by atoms with Gasteiger partial charge in [-0.05, 0) is 26.7 Å². The molecular formula is C9H18N2O2. The zero-order valence-electron chi connectivity index (χ0n) is 8.30. The van der Waals surface area contributed by atoms with Gasteiger partial charge in [0.2, 0.25) is 5.91 Å². The smallest absolute Gasteiger partial charge is 0.237 e. The number of rotatable bonds is 2. The first-order valence-corrected chi connectivity index (χ1v) is 4.69. The molecule has 1 aliphatic heterocycles. The van der Waals surface area contributed by atoms with E-state index in [1.165, 1.54) is 0 Å². The zero-order valence-corrected chi connectivity index (χ0v) is 8.30. The van der Waals surface area contributed by atoms with Gasteiger partial charge < -0.3 is 15.8 Å². The summed E-state index contributed by atoms with van der Waals surface area (Å²) in [7, 11) is 0. The van der Waals surface area contributed by atoms with Crippen LogP contribution >= 0.6 is 0 Å². The van der Waals surface area contributed by atoms with Gasteiger partial charge in [-0.15, -0.1) is 0 Å². The third-order valence-electron chi connectivity index (χ3n) is 2.43. The third kappa shape index (κ3) is 2.97. The van der Waals surface area contributed by atoms with E-state index in [9.17, 15) is 4.79 Å². The summed E-state index contributed by atoms with van der Waals surface area (Å²) in [5, 5.41) is 2.95. The van der Waals surface area contributed by atoms with Crippen LogP contribution < -0.4 is 11.1 Å². The van der Waals surface area contributed by atoms with Crippen LogP contribution in [0.15, 0.2) is 0 Å². The fourth-order valence-electron chi connectivity index (χ4n) is 1.36. The molecule has 0 aliphatic carbocycles. The molecule has 0 spiro atoms. The van der Waals surface area contributed by atoms with Crippen LogP contribution in [-0.4, -0.2) is 30.7 Å². The Morgan fingerprint density at radius 1 is 1.54 bits per heavy atom. The van der Waals surface area contributed by atoms with Crippen molar-refractivity contribution in [2.75, 3.05) is 13.2 Å². The number of hydrogen-bond donors (Lipinski definition) is 2. The highest BCUT2D eigenvalue weighted by molar-refractivity contribution is 5.81. The van der Waals surface area contributed by atoms with E-state index < -0.39 is 6.04 Å². The zero-order chi connectivity index (χ0) is 9.90. The lowest BCUT2D eigenvalue weighted by Crippen LogP contribution is -2.53. The number of nitrogens with two attached hydrogens (primary N) is 1. The van der Waals surface area contributed by atoms with Crippen molar-refractivity contribution in [2.24, 2.45) is 5.73 Å². The normalized spacial score (nSPS) is 23.6. The summed E-state index contributed by atoms with van der Waals surface area (Å²) < 4.78 is 5.22. The molecule has 0 aromatic carbocycles. The highest BCUT2D eigenvalue weighted by atomic mass is 16.5. The van der Waals surface area contributed by atoms with Crippen molar-refractivity contribution in [3.8, 4) is 0 Å². The van der Waals surface area contributed by atoms with E-state index in [-0.39, 0.29) is 11.4 Å². The Labute approximate surface area is 78.8 Å². The molecule has 1 heterocycles. The lowest BCUT2D eigenvalue weighted by molar-refractivity contribution is -0.124. The average Bonchev–Trinajstić information content (AvgIpc) is 2.04. The van der Waals surface area contributed by atoms with Gasteiger partial charge in [0, 0.05) is 18.8 Å². The van der Waals surface area contributed by atoms with Gasteiger partial charge in [-0.3, -0.25) is 4.79 Å². The highest BCUT2D eigenvalue weighted by Gasteiger charge is 2.29. The Morgan fingerprint density at radius 2 is 2.08 bits per heavy atom. The van der Waals surface area contributed by atoms with Crippen molar-refractivity contribution >= 4 is 5.91 Å². The number of hydrogen-bond acceptors (Lipinski definition) is 3. The highest BCUT2D eigenvalue weighted by Crippen LogP contribution is 2.19. The molecule has 76 valence electrons. The summed E-state index contributed by atoms with van der Waals surface area (Å²) in [6.45, 7) is 5.17. The number of carbonyl (C=O) groups excluding carboxylic acids is 1. The second-order valence-electron chi connectivity index (χ2n) is 3.95. The van der Waals surface area contributed by atoms with Crippen LogP contribution in [0.25, 0.3) is 0 Å². The molecule has 0 bridgehead atoms. The van der Waals surface area contributed by atoms with Crippen molar-refractivity contribution < 1.29 is 9.53 Å². The van der Waals surface area contributed by atoms with Gasteiger partial charge in [0.25, 0.3) is 0 Å². The van der Waals surface area contributed by atoms with Crippen LogP contribution in [-0.2, 0) is 9.53 Å². The van der Waals surface area contributed by atoms with Gasteiger partial charge in [-0.2, -0.15) is 0 Å². The van der Waals surface area contributed by atoms with Crippen molar-refractivity contribution in [1.29, 1.82) is 0 Å². The van der Waals surface area contributed by atoms with Crippen LogP contribution in [0.1, 0.15) is 26.7 Å². The number of nitrogens with one attached hydrogen (secondary N) is 1. The van der Waals surface area contributed by atoms with Crippen molar-refractivity contribution in [1.82, 2.24) is 5.32 Å². The predicted molar refractivity (Wildman–Crippen MR) is 50.3 cm³/mol. The first-order valence-electron chi connectivity index (χ1n) is 4.69. The van der Waals surface area contributed by atoms with Crippen molar-refractivity contribution in [2.45, 2.75) is 38.3 Å². The molecular weight excluding hydrogens is 168 g/mol. The first kappa shape index (κ1) is 10.5. The summed E-state index contributed by atoms with van der Waals surface area (Å²) in [6.07, 6.45) is 1.73. The molecule has 1 unspecified atom stereocenters. The molecule has 0 radical (unpaired) electrons. The monoisotopic (exact) mass is 186 g/mol. The summed E-state index contributed by atoms with van der Waals surface area (Å²) in [5.74, 6) is -0.0793. The Kier molecular flexibility index (Phi) is 3.27. The Hall–Kier alpha value is -0.610. The maximum absolute atomic E-state index is 11.3. The van der Waals surface area contributed by atoms with Crippen LogP contribution in [0.4, 0.5) is 0 Å². The molecule has 1 rings (SSSR count). The van der Waals surface area contributed by atoms with E-state index in [1.54, 1.807) is 6.92 Å². The molecule has 0 aromatic heterocycles. The van der Waals surface area contributed by atoms with Gasteiger partial charge >= 0.3 is 0 Å². The molecule has 1 fully saturated rings. The fourth-order valence-corrected chi connectivity index (χ4v) is 1.36. The SMILES string of the molecule is CC(N)C(=O)NC1(C)CCOCC1. The standard InChI is InChI=1S/C9H18N2O2/c1-7(10)8(12)11-9(2)3-5-13-6-4-9/h7H,3-6,10H2,1-2H3,(H,11,12). The minimum atomic E-state index is -0.431. The Morgan fingerprint density at radius 3 is 2.54 bits per heavy atom. The molecule has 1 atom stereocenters. The molecule has 4 heteroatoms. The van der Waals surface area contributed by atoms with Gasteiger partial charge in [0.1, 0.15) is 0 Å². The summed E-state index contributed by atoms with van der Waals surface area (Å²) in [5.41, 5.74) is 5.35. The van der Waals surface area contributed by atoms with E-state index in [4.69, 9.17) is 10.5 Å². The van der Waals surface area contributed by atoms with Gasteiger partial charge in [0.15, 0.2) is 0 Å². The maximum Gasteiger partial charge on any atom is 0.237 e. The largest absolute Gasteiger partial charge is 0.381 e. The molecule has 1 amide bonds. The van der Waals surface area contributed by atoms with E-state index in [1.807, 2.05) is 6.92 Å². The molecule has 0 saturated carbocycles. The summed E-state index contributed by atoms with van der Waals surface area (Å²) in [4.78, 5) is 11.3. The number of amides is 1. The van der Waals surface area contributed by atoms with Crippen LogP contribution in [0, 0.1) is 0 Å². The minimum Gasteiger partial charge on any atom is -0.381 e. The number of carbonyl (C=O) groups is 1. The maximum atomic E-state index is 11.3. The van der Waals surface area contributed by atoms with E-state index in [2.05, 4.69) is 5.32 Å². The lowest BCUT2D eigenvalue weighted by atomic mass is 9.92. The van der Waals surface area contributed by atoms with Crippen LogP contribution in [0.3, 0.4) is 0 Å². The van der Waals surface area contributed by atoms with Crippen molar-refractivity contribution in [3.63, 3.8) is 0 Å². The molecule has 3 N–H and O–H groups in total. The van der Waals surface area contributed by atoms with Gasteiger partial charge in [0.05, 0.1) is 6.04 Å². The second kappa shape index (κ2) is 4.07. The summed E-state index contributed by atoms with van der Waals surface area (Å²) >= 11 is 0. The quantitative estimate of drug-likeness (QED) is 0.639. The first-order chi connectivity index (χ1) is 6.03. The van der Waals surface area contributed by atoms with E-state index in [0.717, 1.165) is 26.1 Å². The average molecular weight is 186 g/mol. The van der Waals surface area contributed by atoms with E-state index >= 15 is 0 Å². The molecule has 1 aliphatic rings. The minimum absolute atomic E-state index is 0.0793. The Balaban J connectivity index is 2.45. The van der Waals surface area contributed by atoms with E-state index in [0.29, 0.717) is 0 Å². The lowest BCUT2D eigenvalue weighted by Gasteiger charge is -2.34. The third-order valence-corrected chi connectivity index (χ3v) is 2.43. The topological polar surface area (TPSA) is 64.4 Å². The molecule has 0 aromatic rings. The Bertz CT molecular complexity index is 186. The molecule has 4 nitrogen and oxygen atoms in total. The van der Waals surface area contributed by atoms with Crippen LogP contribution in [0.2, 0.25) is 0 Å². The van der Waals surface area contributed by atoms with Crippen molar-refractivity contribution in [3.05, 3.63) is 0 Å². The molecule has 1 saturated heterocycles. The number of ether oxygens (including phenoxy) is 1. The van der Waals surface area contributed by atoms with Gasteiger partial charge in [-0.1, -0.05) is 0 Å². The van der Waals surface area contributed by atoms with Gasteiger partial charge in [-0.25, -0.2) is 0 Å². The second-order valence-corrected chi connectivity index (χ2v) is 3.95. The molecule has 13 heavy (non-hydrogen) atoms. The summed E-state index contributed by atoms with van der Waals surface area (Å²) in [6, 6.07) is -0.431. The fraction of sp³-hybridized carbons (Fsp3) is 0.889. The van der Waals surface area contributed by atoms with Crippen LogP contribution in [0.5, 0.6) is 0 Å².